The molecule has 10 heteroatoms. The minimum absolute atomic E-state index is 0.0734. The van der Waals surface area contributed by atoms with Crippen LogP contribution in [0.15, 0.2) is 71.6 Å². The van der Waals surface area contributed by atoms with Crippen molar-refractivity contribution >= 4 is 61.9 Å². The van der Waals surface area contributed by atoms with Gasteiger partial charge in [-0.3, -0.25) is 4.72 Å². The molecule has 0 unspecified atom stereocenters. The van der Waals surface area contributed by atoms with Gasteiger partial charge in [0.25, 0.3) is 10.0 Å². The van der Waals surface area contributed by atoms with Crippen molar-refractivity contribution in [2.75, 3.05) is 10.0 Å². The van der Waals surface area contributed by atoms with Crippen molar-refractivity contribution in [2.45, 2.75) is 11.4 Å². The maximum absolute atomic E-state index is 12.9. The molecule has 0 bridgehead atoms. The molecule has 3 N–H and O–H groups in total. The fourth-order valence-electron chi connectivity index (χ4n) is 2.45. The lowest BCUT2D eigenvalue weighted by molar-refractivity contribution is 0.601. The van der Waals surface area contributed by atoms with E-state index in [2.05, 4.69) is 15.4 Å². The lowest BCUT2D eigenvalue weighted by Crippen LogP contribution is -2.27. The van der Waals surface area contributed by atoms with Gasteiger partial charge < -0.3 is 10.6 Å². The SMILES string of the molecule is O=S(=O)(Nc1ccc(Cl)c(Cl)c1)c1ccc(NC(=S)NCc2ccc(F)cc2)cc1. The Bertz CT molecular complexity index is 1160. The largest absolute Gasteiger partial charge is 0.358 e. The van der Waals surface area contributed by atoms with Gasteiger partial charge >= 0.3 is 0 Å². The molecule has 3 rings (SSSR count). The highest BCUT2D eigenvalue weighted by Crippen LogP contribution is 2.26. The summed E-state index contributed by atoms with van der Waals surface area (Å²) in [4.78, 5) is 0.0734. The summed E-state index contributed by atoms with van der Waals surface area (Å²) in [6.45, 7) is 0.423. The third kappa shape index (κ3) is 6.06. The predicted molar refractivity (Wildman–Crippen MR) is 123 cm³/mol. The Morgan fingerprint density at radius 2 is 1.53 bits per heavy atom. The van der Waals surface area contributed by atoms with Crippen molar-refractivity contribution < 1.29 is 12.8 Å². The monoisotopic (exact) mass is 483 g/mol. The van der Waals surface area contributed by atoms with Crippen LogP contribution in [-0.4, -0.2) is 13.5 Å². The number of nitrogens with one attached hydrogen (secondary N) is 3. The number of benzene rings is 3. The van der Waals surface area contributed by atoms with Crippen LogP contribution in [0.2, 0.25) is 10.0 Å². The van der Waals surface area contributed by atoms with Gasteiger partial charge in [0.15, 0.2) is 5.11 Å². The first-order chi connectivity index (χ1) is 14.2. The molecular formula is C20H16Cl2FN3O2S2. The zero-order chi connectivity index (χ0) is 21.7. The van der Waals surface area contributed by atoms with Crippen LogP contribution >= 0.6 is 35.4 Å². The van der Waals surface area contributed by atoms with E-state index < -0.39 is 10.0 Å². The lowest BCUT2D eigenvalue weighted by atomic mass is 10.2. The second-order valence-corrected chi connectivity index (χ2v) is 9.10. The van der Waals surface area contributed by atoms with Crippen molar-refractivity contribution in [2.24, 2.45) is 0 Å². The minimum atomic E-state index is -3.80. The minimum Gasteiger partial charge on any atom is -0.358 e. The number of hydrogen-bond donors (Lipinski definition) is 3. The summed E-state index contributed by atoms with van der Waals surface area (Å²) in [5, 5.41) is 6.89. The molecule has 0 saturated heterocycles. The molecule has 0 radical (unpaired) electrons. The van der Waals surface area contributed by atoms with E-state index in [9.17, 15) is 12.8 Å². The zero-order valence-corrected chi connectivity index (χ0v) is 18.5. The smallest absolute Gasteiger partial charge is 0.261 e. The van der Waals surface area contributed by atoms with Gasteiger partial charge in [0.2, 0.25) is 0 Å². The van der Waals surface area contributed by atoms with E-state index in [1.807, 2.05) is 0 Å². The average molecular weight is 484 g/mol. The van der Waals surface area contributed by atoms with Crippen molar-refractivity contribution in [3.63, 3.8) is 0 Å². The Labute approximate surface area is 189 Å². The van der Waals surface area contributed by atoms with Crippen LogP contribution < -0.4 is 15.4 Å². The van der Waals surface area contributed by atoms with E-state index in [4.69, 9.17) is 35.4 Å². The maximum atomic E-state index is 12.9. The second kappa shape index (κ2) is 9.61. The van der Waals surface area contributed by atoms with Gasteiger partial charge in [0, 0.05) is 12.2 Å². The summed E-state index contributed by atoms with van der Waals surface area (Å²) >= 11 is 17.0. The van der Waals surface area contributed by atoms with Gasteiger partial charge in [0.1, 0.15) is 5.82 Å². The summed E-state index contributed by atoms with van der Waals surface area (Å²) in [6, 6.07) is 16.6. The molecular weight excluding hydrogens is 468 g/mol. The fraction of sp³-hybridized carbons (Fsp3) is 0.0500. The molecule has 0 saturated carbocycles. The van der Waals surface area contributed by atoms with Crippen molar-refractivity contribution in [3.05, 3.63) is 88.2 Å². The molecule has 0 fully saturated rings. The van der Waals surface area contributed by atoms with Crippen molar-refractivity contribution in [1.29, 1.82) is 0 Å². The highest BCUT2D eigenvalue weighted by atomic mass is 35.5. The van der Waals surface area contributed by atoms with Crippen LogP contribution in [0.3, 0.4) is 0 Å². The van der Waals surface area contributed by atoms with E-state index in [0.717, 1.165) is 5.56 Å². The number of halogens is 3. The van der Waals surface area contributed by atoms with E-state index in [1.165, 1.54) is 42.5 Å². The summed E-state index contributed by atoms with van der Waals surface area (Å²) in [6.07, 6.45) is 0. The fourth-order valence-corrected chi connectivity index (χ4v) is 3.99. The molecule has 156 valence electrons. The first kappa shape index (κ1) is 22.3. The molecule has 0 aromatic heterocycles. The number of thiocarbonyl (C=S) groups is 1. The number of sulfonamides is 1. The molecule has 0 aliphatic carbocycles. The first-order valence-electron chi connectivity index (χ1n) is 8.60. The lowest BCUT2D eigenvalue weighted by Gasteiger charge is -2.12. The van der Waals surface area contributed by atoms with Crippen molar-refractivity contribution in [3.8, 4) is 0 Å². The van der Waals surface area contributed by atoms with Crippen LogP contribution in [0, 0.1) is 5.82 Å². The molecule has 0 aliphatic heterocycles. The Morgan fingerprint density at radius 3 is 2.17 bits per heavy atom. The van der Waals surface area contributed by atoms with Crippen LogP contribution in [0.4, 0.5) is 15.8 Å². The molecule has 0 atom stereocenters. The summed E-state index contributed by atoms with van der Waals surface area (Å²) in [5.41, 5.74) is 1.79. The molecule has 30 heavy (non-hydrogen) atoms. The second-order valence-electron chi connectivity index (χ2n) is 6.19. The molecule has 0 heterocycles. The van der Waals surface area contributed by atoms with E-state index in [1.54, 1.807) is 24.3 Å². The average Bonchev–Trinajstić information content (AvgIpc) is 2.70. The number of rotatable bonds is 6. The highest BCUT2D eigenvalue weighted by Gasteiger charge is 2.15. The zero-order valence-electron chi connectivity index (χ0n) is 15.3. The maximum Gasteiger partial charge on any atom is 0.261 e. The molecule has 3 aromatic carbocycles. The highest BCUT2D eigenvalue weighted by molar-refractivity contribution is 7.92. The van der Waals surface area contributed by atoms with Crippen LogP contribution in [0.25, 0.3) is 0 Å². The topological polar surface area (TPSA) is 70.2 Å². The molecule has 3 aromatic rings. The van der Waals surface area contributed by atoms with Crippen LogP contribution in [-0.2, 0) is 16.6 Å². The standard InChI is InChI=1S/C20H16Cl2FN3O2S2/c21-18-10-7-16(11-19(18)22)26-30(27,28)17-8-5-15(6-9-17)25-20(29)24-12-13-1-3-14(23)4-2-13/h1-11,26H,12H2,(H2,24,25,29). The predicted octanol–water partition coefficient (Wildman–Crippen LogP) is 5.42. The summed E-state index contributed by atoms with van der Waals surface area (Å²) in [5.74, 6) is -0.303. The Balaban J connectivity index is 1.59. The Morgan fingerprint density at radius 1 is 0.900 bits per heavy atom. The summed E-state index contributed by atoms with van der Waals surface area (Å²) in [7, 11) is -3.80. The first-order valence-corrected chi connectivity index (χ1v) is 11.2. The van der Waals surface area contributed by atoms with Crippen molar-refractivity contribution in [1.82, 2.24) is 5.32 Å². The molecule has 5 nitrogen and oxygen atoms in total. The molecule has 0 amide bonds. The van der Waals surface area contributed by atoms with E-state index in [0.29, 0.717) is 28.1 Å². The van der Waals surface area contributed by atoms with Gasteiger partial charge in [-0.2, -0.15) is 0 Å². The molecule has 0 spiro atoms. The third-order valence-electron chi connectivity index (χ3n) is 3.96. The van der Waals surface area contributed by atoms with Crippen LogP contribution in [0.5, 0.6) is 0 Å². The van der Waals surface area contributed by atoms with Gasteiger partial charge in [-0.25, -0.2) is 12.8 Å². The Hall–Kier alpha value is -2.39. The normalized spacial score (nSPS) is 11.0. The van der Waals surface area contributed by atoms with Gasteiger partial charge in [0.05, 0.1) is 20.6 Å². The number of anilines is 2. The summed E-state index contributed by atoms with van der Waals surface area (Å²) < 4.78 is 40.5. The van der Waals surface area contributed by atoms with Gasteiger partial charge in [-0.1, -0.05) is 35.3 Å². The quantitative estimate of drug-likeness (QED) is 0.408. The Kier molecular flexibility index (Phi) is 7.14. The third-order valence-corrected chi connectivity index (χ3v) is 6.34. The molecule has 0 aliphatic rings. The van der Waals surface area contributed by atoms with Gasteiger partial charge in [-0.05, 0) is 72.4 Å². The van der Waals surface area contributed by atoms with E-state index in [-0.39, 0.29) is 15.7 Å². The van der Waals surface area contributed by atoms with Crippen LogP contribution in [0.1, 0.15) is 5.56 Å². The number of hydrogen-bond acceptors (Lipinski definition) is 3. The van der Waals surface area contributed by atoms with Gasteiger partial charge in [-0.15, -0.1) is 0 Å². The van der Waals surface area contributed by atoms with E-state index >= 15 is 0 Å².